The van der Waals surface area contributed by atoms with Crippen LogP contribution in [0, 0.1) is 5.92 Å². The molecule has 3 rings (SSSR count). The highest BCUT2D eigenvalue weighted by Crippen LogP contribution is 2.25. The number of nitrogens with one attached hydrogen (secondary N) is 2. The van der Waals surface area contributed by atoms with Crippen molar-refractivity contribution >= 4 is 5.91 Å². The average Bonchev–Trinajstić information content (AvgIpc) is 3.01. The maximum Gasteiger partial charge on any atom is 0.224 e. The molecule has 2 aliphatic rings. The molecular formula is C17H24N2O. The van der Waals surface area contributed by atoms with Crippen molar-refractivity contribution in [2.45, 2.75) is 45.1 Å². The first-order valence-electron chi connectivity index (χ1n) is 7.87. The molecule has 0 aromatic heterocycles. The van der Waals surface area contributed by atoms with Gasteiger partial charge in [-0.1, -0.05) is 18.2 Å². The largest absolute Gasteiger partial charge is 0.349 e. The molecule has 3 nitrogen and oxygen atoms in total. The Morgan fingerprint density at radius 2 is 2.10 bits per heavy atom. The molecule has 0 bridgehead atoms. The van der Waals surface area contributed by atoms with Gasteiger partial charge in [0.2, 0.25) is 5.91 Å². The number of carbonyl (C=O) groups is 1. The third kappa shape index (κ3) is 2.88. The van der Waals surface area contributed by atoms with Gasteiger partial charge in [-0.05, 0) is 62.3 Å². The van der Waals surface area contributed by atoms with Gasteiger partial charge in [-0.3, -0.25) is 4.79 Å². The zero-order valence-electron chi connectivity index (χ0n) is 12.2. The average molecular weight is 272 g/mol. The summed E-state index contributed by atoms with van der Waals surface area (Å²) in [6.07, 6.45) is 5.97. The van der Waals surface area contributed by atoms with Gasteiger partial charge in [0, 0.05) is 6.54 Å². The zero-order valence-corrected chi connectivity index (χ0v) is 12.2. The molecule has 2 atom stereocenters. The number of rotatable bonds is 3. The van der Waals surface area contributed by atoms with Crippen LogP contribution in [0.3, 0.4) is 0 Å². The van der Waals surface area contributed by atoms with E-state index in [9.17, 15) is 4.79 Å². The molecule has 1 aromatic rings. The van der Waals surface area contributed by atoms with Crippen molar-refractivity contribution in [1.29, 1.82) is 0 Å². The van der Waals surface area contributed by atoms with E-state index in [1.165, 1.54) is 42.4 Å². The Balaban J connectivity index is 1.67. The molecule has 1 heterocycles. The molecule has 20 heavy (non-hydrogen) atoms. The highest BCUT2D eigenvalue weighted by atomic mass is 16.2. The van der Waals surface area contributed by atoms with Crippen molar-refractivity contribution in [2.75, 3.05) is 13.1 Å². The smallest absolute Gasteiger partial charge is 0.224 e. The maximum absolute atomic E-state index is 12.2. The molecule has 1 aliphatic carbocycles. The van der Waals surface area contributed by atoms with Crippen LogP contribution < -0.4 is 10.6 Å². The molecule has 0 radical (unpaired) electrons. The van der Waals surface area contributed by atoms with Crippen LogP contribution in [-0.4, -0.2) is 19.0 Å². The summed E-state index contributed by atoms with van der Waals surface area (Å²) in [4.78, 5) is 12.2. The van der Waals surface area contributed by atoms with E-state index in [2.05, 4.69) is 35.8 Å². The summed E-state index contributed by atoms with van der Waals surface area (Å²) in [7, 11) is 0. The first-order valence-corrected chi connectivity index (χ1v) is 7.87. The summed E-state index contributed by atoms with van der Waals surface area (Å²) in [5.74, 6) is 0.343. The van der Waals surface area contributed by atoms with Gasteiger partial charge in [-0.15, -0.1) is 0 Å². The molecular weight excluding hydrogens is 248 g/mol. The Bertz CT molecular complexity index is 492. The van der Waals surface area contributed by atoms with Crippen LogP contribution in [0.4, 0.5) is 0 Å². The molecule has 1 amide bonds. The third-order valence-electron chi connectivity index (χ3n) is 4.66. The van der Waals surface area contributed by atoms with Crippen LogP contribution >= 0.6 is 0 Å². The van der Waals surface area contributed by atoms with Crippen LogP contribution in [0.5, 0.6) is 0 Å². The van der Waals surface area contributed by atoms with E-state index in [0.29, 0.717) is 0 Å². The topological polar surface area (TPSA) is 41.1 Å². The van der Waals surface area contributed by atoms with Gasteiger partial charge in [0.25, 0.3) is 0 Å². The first-order chi connectivity index (χ1) is 9.74. The fourth-order valence-electron chi connectivity index (χ4n) is 3.32. The Morgan fingerprint density at radius 1 is 1.30 bits per heavy atom. The lowest BCUT2D eigenvalue weighted by Gasteiger charge is -2.21. The number of fused-ring (bicyclic) bond motifs is 1. The van der Waals surface area contributed by atoms with Gasteiger partial charge in [0.15, 0.2) is 0 Å². The summed E-state index contributed by atoms with van der Waals surface area (Å²) < 4.78 is 0. The van der Waals surface area contributed by atoms with E-state index in [-0.39, 0.29) is 17.9 Å². The minimum atomic E-state index is 0.107. The lowest BCUT2D eigenvalue weighted by Crippen LogP contribution is -2.33. The molecule has 0 spiro atoms. The lowest BCUT2D eigenvalue weighted by atomic mass is 9.89. The maximum atomic E-state index is 12.2. The number of hydrogen-bond donors (Lipinski definition) is 2. The van der Waals surface area contributed by atoms with Gasteiger partial charge < -0.3 is 10.6 Å². The third-order valence-corrected chi connectivity index (χ3v) is 4.66. The van der Waals surface area contributed by atoms with Gasteiger partial charge in [-0.25, -0.2) is 0 Å². The second-order valence-electron chi connectivity index (χ2n) is 6.16. The van der Waals surface area contributed by atoms with Crippen molar-refractivity contribution in [2.24, 2.45) is 5.92 Å². The first kappa shape index (κ1) is 13.6. The van der Waals surface area contributed by atoms with Crippen LogP contribution in [-0.2, 0) is 17.6 Å². The molecule has 1 aliphatic heterocycles. The van der Waals surface area contributed by atoms with Crippen molar-refractivity contribution in [3.8, 4) is 0 Å². The van der Waals surface area contributed by atoms with Crippen molar-refractivity contribution < 1.29 is 4.79 Å². The number of aryl methyl sites for hydroxylation is 2. The number of hydrogen-bond acceptors (Lipinski definition) is 2. The monoisotopic (exact) mass is 272 g/mol. The second kappa shape index (κ2) is 5.96. The minimum Gasteiger partial charge on any atom is -0.349 e. The lowest BCUT2D eigenvalue weighted by molar-refractivity contribution is -0.125. The minimum absolute atomic E-state index is 0.107. The Morgan fingerprint density at radius 3 is 2.85 bits per heavy atom. The summed E-state index contributed by atoms with van der Waals surface area (Å²) in [5.41, 5.74) is 4.22. The molecule has 1 fully saturated rings. The van der Waals surface area contributed by atoms with E-state index in [4.69, 9.17) is 0 Å². The van der Waals surface area contributed by atoms with E-state index >= 15 is 0 Å². The fraction of sp³-hybridized carbons (Fsp3) is 0.588. The van der Waals surface area contributed by atoms with Crippen LogP contribution in [0.25, 0.3) is 0 Å². The molecule has 3 heteroatoms. The summed E-state index contributed by atoms with van der Waals surface area (Å²) in [5, 5.41) is 6.41. The number of carbonyl (C=O) groups excluding carboxylic acids is 1. The summed E-state index contributed by atoms with van der Waals surface area (Å²) in [6.45, 7) is 3.87. The van der Waals surface area contributed by atoms with E-state index in [0.717, 1.165) is 19.5 Å². The van der Waals surface area contributed by atoms with Crippen molar-refractivity contribution in [3.05, 3.63) is 34.9 Å². The Labute approximate surface area is 121 Å². The van der Waals surface area contributed by atoms with Gasteiger partial charge >= 0.3 is 0 Å². The molecule has 108 valence electrons. The molecule has 1 aromatic carbocycles. The van der Waals surface area contributed by atoms with Gasteiger partial charge in [0.1, 0.15) is 0 Å². The highest BCUT2D eigenvalue weighted by molar-refractivity contribution is 5.79. The normalized spacial score (nSPS) is 23.1. The van der Waals surface area contributed by atoms with Crippen LogP contribution in [0.2, 0.25) is 0 Å². The zero-order chi connectivity index (χ0) is 13.9. The van der Waals surface area contributed by atoms with E-state index in [1.807, 2.05) is 0 Å². The van der Waals surface area contributed by atoms with E-state index < -0.39 is 0 Å². The standard InChI is InChI=1S/C17H24N2O/c1-12(19-17(20)16-8-9-18-11-16)14-7-6-13-4-2-3-5-15(13)10-14/h6-7,10,12,16,18H,2-5,8-9,11H2,1H3,(H,19,20). The predicted octanol–water partition coefficient (Wildman–Crippen LogP) is 2.35. The summed E-state index contributed by atoms with van der Waals surface area (Å²) in [6, 6.07) is 6.84. The van der Waals surface area contributed by atoms with Crippen LogP contribution in [0.15, 0.2) is 18.2 Å². The molecule has 2 unspecified atom stereocenters. The Kier molecular flexibility index (Phi) is 4.06. The predicted molar refractivity (Wildman–Crippen MR) is 80.6 cm³/mol. The number of amides is 1. The Hall–Kier alpha value is -1.35. The second-order valence-corrected chi connectivity index (χ2v) is 6.16. The fourth-order valence-corrected chi connectivity index (χ4v) is 3.32. The van der Waals surface area contributed by atoms with E-state index in [1.54, 1.807) is 0 Å². The molecule has 1 saturated heterocycles. The molecule has 2 N–H and O–H groups in total. The SMILES string of the molecule is CC(NC(=O)C1CCNC1)c1ccc2c(c1)CCCC2. The van der Waals surface area contributed by atoms with Crippen molar-refractivity contribution in [3.63, 3.8) is 0 Å². The van der Waals surface area contributed by atoms with Gasteiger partial charge in [0.05, 0.1) is 12.0 Å². The van der Waals surface area contributed by atoms with Crippen molar-refractivity contribution in [1.82, 2.24) is 10.6 Å². The quantitative estimate of drug-likeness (QED) is 0.887. The number of benzene rings is 1. The highest BCUT2D eigenvalue weighted by Gasteiger charge is 2.24. The van der Waals surface area contributed by atoms with Gasteiger partial charge in [-0.2, -0.15) is 0 Å². The molecule has 0 saturated carbocycles. The summed E-state index contributed by atoms with van der Waals surface area (Å²) >= 11 is 0. The van der Waals surface area contributed by atoms with Crippen LogP contribution in [0.1, 0.15) is 48.9 Å².